The Labute approximate surface area is 169 Å². The lowest BCUT2D eigenvalue weighted by Crippen LogP contribution is -2.36. The zero-order valence-corrected chi connectivity index (χ0v) is 16.7. The third kappa shape index (κ3) is 4.32. The molecule has 1 aromatic heterocycles. The molecule has 8 heteroatoms. The predicted octanol–water partition coefficient (Wildman–Crippen LogP) is 2.07. The van der Waals surface area contributed by atoms with E-state index in [4.69, 9.17) is 4.74 Å². The van der Waals surface area contributed by atoms with Gasteiger partial charge in [-0.1, -0.05) is 30.3 Å². The fourth-order valence-electron chi connectivity index (χ4n) is 3.39. The Hall–Kier alpha value is -3.13. The number of carbonyl (C=O) groups excluding carboxylic acids is 1. The van der Waals surface area contributed by atoms with Crippen molar-refractivity contribution in [1.29, 1.82) is 0 Å². The average Bonchev–Trinajstić information content (AvgIpc) is 3.34. The van der Waals surface area contributed by atoms with Crippen LogP contribution in [0.15, 0.2) is 65.8 Å². The minimum absolute atomic E-state index is 0.121. The maximum absolute atomic E-state index is 12.1. The van der Waals surface area contributed by atoms with Crippen molar-refractivity contribution in [2.45, 2.75) is 24.0 Å². The van der Waals surface area contributed by atoms with Crippen LogP contribution in [-0.2, 0) is 27.6 Å². The molecule has 2 aromatic carbocycles. The SMILES string of the molecule is CS(=O)(=O)c1ccc(-c2cccc3c2OC(CNC(=O)Cn2cccn2)C3)cc1. The first-order valence-corrected chi connectivity index (χ1v) is 11.1. The van der Waals surface area contributed by atoms with Gasteiger partial charge in [-0.05, 0) is 29.3 Å². The van der Waals surface area contributed by atoms with Crippen LogP contribution in [0, 0.1) is 0 Å². The molecule has 3 aromatic rings. The summed E-state index contributed by atoms with van der Waals surface area (Å²) in [4.78, 5) is 12.3. The van der Waals surface area contributed by atoms with Crippen molar-refractivity contribution >= 4 is 15.7 Å². The van der Waals surface area contributed by atoms with Crippen molar-refractivity contribution in [1.82, 2.24) is 15.1 Å². The Bertz CT molecular complexity index is 1120. The van der Waals surface area contributed by atoms with Gasteiger partial charge in [-0.25, -0.2) is 8.42 Å². The quantitative estimate of drug-likeness (QED) is 0.671. The van der Waals surface area contributed by atoms with Gasteiger partial charge in [0.15, 0.2) is 9.84 Å². The van der Waals surface area contributed by atoms with Gasteiger partial charge in [0, 0.05) is 30.6 Å². The van der Waals surface area contributed by atoms with Gasteiger partial charge < -0.3 is 10.1 Å². The lowest BCUT2D eigenvalue weighted by molar-refractivity contribution is -0.122. The highest BCUT2D eigenvalue weighted by Crippen LogP contribution is 2.38. The van der Waals surface area contributed by atoms with Crippen LogP contribution in [0.2, 0.25) is 0 Å². The van der Waals surface area contributed by atoms with E-state index >= 15 is 0 Å². The summed E-state index contributed by atoms with van der Waals surface area (Å²) in [5, 5.41) is 6.91. The summed E-state index contributed by atoms with van der Waals surface area (Å²) in [5.41, 5.74) is 2.87. The molecule has 1 aliphatic rings. The minimum atomic E-state index is -3.23. The molecule has 150 valence electrons. The van der Waals surface area contributed by atoms with Gasteiger partial charge in [0.1, 0.15) is 18.4 Å². The van der Waals surface area contributed by atoms with Crippen LogP contribution in [0.1, 0.15) is 5.56 Å². The molecule has 1 aliphatic heterocycles. The number of carbonyl (C=O) groups is 1. The molecule has 0 bridgehead atoms. The maximum atomic E-state index is 12.1. The smallest absolute Gasteiger partial charge is 0.241 e. The van der Waals surface area contributed by atoms with Crippen LogP contribution in [-0.4, -0.2) is 43.0 Å². The maximum Gasteiger partial charge on any atom is 0.241 e. The number of amides is 1. The number of hydrogen-bond acceptors (Lipinski definition) is 5. The van der Waals surface area contributed by atoms with E-state index < -0.39 is 9.84 Å². The molecule has 0 saturated carbocycles. The van der Waals surface area contributed by atoms with Gasteiger partial charge in [0.05, 0.1) is 11.4 Å². The highest BCUT2D eigenvalue weighted by Gasteiger charge is 2.26. The van der Waals surface area contributed by atoms with Gasteiger partial charge in [-0.3, -0.25) is 9.48 Å². The van der Waals surface area contributed by atoms with Gasteiger partial charge in [0.25, 0.3) is 0 Å². The van der Waals surface area contributed by atoms with Gasteiger partial charge >= 0.3 is 0 Å². The second kappa shape index (κ2) is 7.71. The van der Waals surface area contributed by atoms with E-state index in [1.165, 1.54) is 6.26 Å². The second-order valence-electron chi connectivity index (χ2n) is 7.04. The Kier molecular flexibility index (Phi) is 5.10. The summed E-state index contributed by atoms with van der Waals surface area (Å²) >= 11 is 0. The molecule has 0 spiro atoms. The van der Waals surface area contributed by atoms with Crippen LogP contribution in [0.3, 0.4) is 0 Å². The zero-order chi connectivity index (χ0) is 20.4. The first-order chi connectivity index (χ1) is 13.9. The molecule has 29 heavy (non-hydrogen) atoms. The number of aromatic nitrogens is 2. The standard InChI is InChI=1S/C21H21N3O4S/c1-29(26,27)18-8-6-15(7-9-18)19-5-2-4-16-12-17(28-21(16)19)13-22-20(25)14-24-11-3-10-23-24/h2-11,17H,12-14H2,1H3,(H,22,25). The van der Waals surface area contributed by atoms with Crippen molar-refractivity contribution < 1.29 is 17.9 Å². The summed E-state index contributed by atoms with van der Waals surface area (Å²) in [6.07, 6.45) is 5.11. The number of ether oxygens (including phenoxy) is 1. The summed E-state index contributed by atoms with van der Waals surface area (Å²) in [7, 11) is -3.23. The fourth-order valence-corrected chi connectivity index (χ4v) is 4.02. The summed E-state index contributed by atoms with van der Waals surface area (Å²) < 4.78 is 31.0. The molecule has 1 amide bonds. The first kappa shape index (κ1) is 19.2. The molecule has 0 aliphatic carbocycles. The molecule has 2 heterocycles. The third-order valence-corrected chi connectivity index (χ3v) is 5.94. The van der Waals surface area contributed by atoms with Crippen LogP contribution in [0.25, 0.3) is 11.1 Å². The number of benzene rings is 2. The predicted molar refractivity (Wildman–Crippen MR) is 108 cm³/mol. The average molecular weight is 411 g/mol. The number of fused-ring (bicyclic) bond motifs is 1. The van der Waals surface area contributed by atoms with Gasteiger partial charge in [0.2, 0.25) is 5.91 Å². The fraction of sp³-hybridized carbons (Fsp3) is 0.238. The highest BCUT2D eigenvalue weighted by atomic mass is 32.2. The van der Waals surface area contributed by atoms with Crippen LogP contribution >= 0.6 is 0 Å². The number of nitrogens with zero attached hydrogens (tertiary/aromatic N) is 2. The number of hydrogen-bond donors (Lipinski definition) is 1. The minimum Gasteiger partial charge on any atom is -0.487 e. The van der Waals surface area contributed by atoms with Crippen LogP contribution < -0.4 is 10.1 Å². The number of para-hydroxylation sites is 1. The molecule has 1 atom stereocenters. The van der Waals surface area contributed by atoms with Crippen molar-refractivity contribution in [3.05, 3.63) is 66.5 Å². The molecule has 0 radical (unpaired) electrons. The molecular weight excluding hydrogens is 390 g/mol. The molecule has 7 nitrogen and oxygen atoms in total. The molecule has 0 saturated heterocycles. The van der Waals surface area contributed by atoms with E-state index in [0.29, 0.717) is 13.0 Å². The summed E-state index contributed by atoms with van der Waals surface area (Å²) in [5.74, 6) is 0.663. The Balaban J connectivity index is 1.44. The highest BCUT2D eigenvalue weighted by molar-refractivity contribution is 7.90. The van der Waals surface area contributed by atoms with E-state index in [1.807, 2.05) is 18.2 Å². The van der Waals surface area contributed by atoms with Crippen molar-refractivity contribution in [3.63, 3.8) is 0 Å². The molecule has 0 fully saturated rings. The Morgan fingerprint density at radius 3 is 2.69 bits per heavy atom. The van der Waals surface area contributed by atoms with E-state index in [9.17, 15) is 13.2 Å². The largest absolute Gasteiger partial charge is 0.487 e. The molecular formula is C21H21N3O4S. The number of sulfone groups is 1. The normalized spacial score (nSPS) is 15.6. The van der Waals surface area contributed by atoms with Crippen molar-refractivity contribution in [3.8, 4) is 16.9 Å². The Morgan fingerprint density at radius 2 is 2.00 bits per heavy atom. The second-order valence-corrected chi connectivity index (χ2v) is 9.06. The lowest BCUT2D eigenvalue weighted by Gasteiger charge is -2.14. The van der Waals surface area contributed by atoms with Crippen LogP contribution in [0.5, 0.6) is 5.75 Å². The van der Waals surface area contributed by atoms with Crippen LogP contribution in [0.4, 0.5) is 0 Å². The monoisotopic (exact) mass is 411 g/mol. The molecule has 1 N–H and O–H groups in total. The third-order valence-electron chi connectivity index (χ3n) is 4.81. The Morgan fingerprint density at radius 1 is 1.21 bits per heavy atom. The van der Waals surface area contributed by atoms with Crippen molar-refractivity contribution in [2.24, 2.45) is 0 Å². The van der Waals surface area contributed by atoms with Crippen molar-refractivity contribution in [2.75, 3.05) is 12.8 Å². The van der Waals surface area contributed by atoms with E-state index in [0.717, 1.165) is 22.4 Å². The van der Waals surface area contributed by atoms with E-state index in [-0.39, 0.29) is 23.5 Å². The molecule has 1 unspecified atom stereocenters. The van der Waals surface area contributed by atoms with E-state index in [2.05, 4.69) is 10.4 Å². The zero-order valence-electron chi connectivity index (χ0n) is 15.9. The number of nitrogens with one attached hydrogen (secondary N) is 1. The van der Waals surface area contributed by atoms with Gasteiger partial charge in [-0.2, -0.15) is 5.10 Å². The summed E-state index contributed by atoms with van der Waals surface area (Å²) in [6, 6.07) is 14.5. The molecule has 4 rings (SSSR count). The topological polar surface area (TPSA) is 90.3 Å². The lowest BCUT2D eigenvalue weighted by atomic mass is 10.0. The number of rotatable bonds is 6. The van der Waals surface area contributed by atoms with Gasteiger partial charge in [-0.15, -0.1) is 0 Å². The van der Waals surface area contributed by atoms with E-state index in [1.54, 1.807) is 47.4 Å². The summed E-state index contributed by atoms with van der Waals surface area (Å²) in [6.45, 7) is 0.575. The first-order valence-electron chi connectivity index (χ1n) is 9.23.